The van der Waals surface area contributed by atoms with Crippen molar-refractivity contribution in [2.45, 2.75) is 39.7 Å². The Labute approximate surface area is 178 Å². The molecule has 7 heteroatoms. The predicted octanol–water partition coefficient (Wildman–Crippen LogP) is 3.78. The van der Waals surface area contributed by atoms with E-state index in [-0.39, 0.29) is 0 Å². The smallest absolute Gasteiger partial charge is 0.193 e. The molecule has 6 nitrogen and oxygen atoms in total. The minimum absolute atomic E-state index is 0.689. The van der Waals surface area contributed by atoms with Gasteiger partial charge in [-0.1, -0.05) is 12.1 Å². The lowest BCUT2D eigenvalue weighted by Crippen LogP contribution is -2.38. The van der Waals surface area contributed by atoms with E-state index < -0.39 is 0 Å². The van der Waals surface area contributed by atoms with E-state index in [9.17, 15) is 0 Å². The first-order valence-electron chi connectivity index (χ1n) is 10.6. The van der Waals surface area contributed by atoms with Crippen LogP contribution in [0.5, 0.6) is 5.75 Å². The second-order valence-corrected chi connectivity index (χ2v) is 8.07. The molecular formula is C22H33N5OS. The average Bonchev–Trinajstić information content (AvgIpc) is 3.41. The summed E-state index contributed by atoms with van der Waals surface area (Å²) in [5.41, 5.74) is 2.38. The first-order chi connectivity index (χ1) is 14.2. The molecule has 1 aliphatic heterocycles. The van der Waals surface area contributed by atoms with Crippen LogP contribution in [-0.2, 0) is 13.0 Å². The van der Waals surface area contributed by atoms with E-state index in [2.05, 4.69) is 46.6 Å². The molecule has 158 valence electrons. The zero-order valence-electron chi connectivity index (χ0n) is 17.9. The molecule has 2 aromatic rings. The molecule has 1 fully saturated rings. The quantitative estimate of drug-likeness (QED) is 0.499. The minimum Gasteiger partial charge on any atom is -0.494 e. The summed E-state index contributed by atoms with van der Waals surface area (Å²) in [6.07, 6.45) is 3.44. The number of benzene rings is 1. The fourth-order valence-corrected chi connectivity index (χ4v) is 4.33. The van der Waals surface area contributed by atoms with Crippen LogP contribution in [0, 0.1) is 0 Å². The molecule has 0 atom stereocenters. The molecule has 0 amide bonds. The van der Waals surface area contributed by atoms with Crippen LogP contribution in [-0.4, -0.2) is 55.7 Å². The number of hydrogen-bond acceptors (Lipinski definition) is 5. The lowest BCUT2D eigenvalue weighted by atomic mass is 10.2. The summed E-state index contributed by atoms with van der Waals surface area (Å²) in [7, 11) is 2.08. The van der Waals surface area contributed by atoms with Crippen molar-refractivity contribution in [1.82, 2.24) is 15.2 Å². The van der Waals surface area contributed by atoms with Gasteiger partial charge < -0.3 is 19.9 Å². The van der Waals surface area contributed by atoms with Crippen molar-refractivity contribution in [2.24, 2.45) is 4.99 Å². The van der Waals surface area contributed by atoms with Crippen LogP contribution in [0.1, 0.15) is 37.9 Å². The summed E-state index contributed by atoms with van der Waals surface area (Å²) in [4.78, 5) is 14.2. The standard InChI is InChI=1S/C22H33N5OS/c1-4-23-21(26(3)16-18-8-10-20(11-9-18)28-5-2)24-13-12-19-17-29-22(25-19)27-14-6-7-15-27/h8-11,17H,4-7,12-16H2,1-3H3,(H,23,24). The van der Waals surface area contributed by atoms with Crippen LogP contribution in [0.3, 0.4) is 0 Å². The molecule has 1 N–H and O–H groups in total. The minimum atomic E-state index is 0.689. The Balaban J connectivity index is 1.54. The summed E-state index contributed by atoms with van der Waals surface area (Å²) in [6, 6.07) is 8.27. The first kappa shape index (κ1) is 21.4. The van der Waals surface area contributed by atoms with Crippen molar-refractivity contribution in [3.05, 3.63) is 40.9 Å². The van der Waals surface area contributed by atoms with E-state index in [1.54, 1.807) is 11.3 Å². The van der Waals surface area contributed by atoms with Gasteiger partial charge in [0.15, 0.2) is 11.1 Å². The normalized spacial score (nSPS) is 14.3. The summed E-state index contributed by atoms with van der Waals surface area (Å²) < 4.78 is 5.52. The highest BCUT2D eigenvalue weighted by atomic mass is 32.1. The number of nitrogens with one attached hydrogen (secondary N) is 1. The van der Waals surface area contributed by atoms with Crippen LogP contribution in [0.4, 0.5) is 5.13 Å². The highest BCUT2D eigenvalue weighted by molar-refractivity contribution is 7.13. The van der Waals surface area contributed by atoms with Gasteiger partial charge in [-0.25, -0.2) is 4.98 Å². The summed E-state index contributed by atoms with van der Waals surface area (Å²) in [5, 5.41) is 6.74. The van der Waals surface area contributed by atoms with E-state index >= 15 is 0 Å². The zero-order chi connectivity index (χ0) is 20.5. The molecule has 1 saturated heterocycles. The Bertz CT molecular complexity index is 768. The molecule has 1 aromatic carbocycles. The van der Waals surface area contributed by atoms with E-state index in [0.29, 0.717) is 6.61 Å². The van der Waals surface area contributed by atoms with Crippen molar-refractivity contribution in [3.8, 4) is 5.75 Å². The molecule has 0 radical (unpaired) electrons. The molecule has 3 rings (SSSR count). The Morgan fingerprint density at radius 3 is 2.69 bits per heavy atom. The third-order valence-electron chi connectivity index (χ3n) is 4.90. The highest BCUT2D eigenvalue weighted by Crippen LogP contribution is 2.24. The van der Waals surface area contributed by atoms with Gasteiger partial charge in [0.25, 0.3) is 0 Å². The number of guanidine groups is 1. The fourth-order valence-electron chi connectivity index (χ4n) is 3.42. The van der Waals surface area contributed by atoms with Crippen molar-refractivity contribution in [1.29, 1.82) is 0 Å². The van der Waals surface area contributed by atoms with Crippen molar-refractivity contribution in [3.63, 3.8) is 0 Å². The maximum Gasteiger partial charge on any atom is 0.193 e. The Morgan fingerprint density at radius 2 is 2.00 bits per heavy atom. The topological polar surface area (TPSA) is 53.0 Å². The van der Waals surface area contributed by atoms with E-state index in [1.165, 1.54) is 23.5 Å². The zero-order valence-corrected chi connectivity index (χ0v) is 18.7. The third kappa shape index (κ3) is 6.35. The van der Waals surface area contributed by atoms with Gasteiger partial charge >= 0.3 is 0 Å². The largest absolute Gasteiger partial charge is 0.494 e. The molecule has 0 aliphatic carbocycles. The lowest BCUT2D eigenvalue weighted by molar-refractivity contribution is 0.340. The van der Waals surface area contributed by atoms with Gasteiger partial charge in [0.1, 0.15) is 5.75 Å². The van der Waals surface area contributed by atoms with E-state index in [0.717, 1.165) is 56.5 Å². The maximum atomic E-state index is 5.52. The molecule has 1 aromatic heterocycles. The molecule has 1 aliphatic rings. The number of nitrogens with zero attached hydrogens (tertiary/aromatic N) is 4. The van der Waals surface area contributed by atoms with Crippen molar-refractivity contribution < 1.29 is 4.74 Å². The molecule has 0 unspecified atom stereocenters. The van der Waals surface area contributed by atoms with Gasteiger partial charge in [0.05, 0.1) is 12.3 Å². The number of rotatable bonds is 9. The van der Waals surface area contributed by atoms with Crippen molar-refractivity contribution >= 4 is 22.4 Å². The van der Waals surface area contributed by atoms with Crippen LogP contribution < -0.4 is 15.0 Å². The second-order valence-electron chi connectivity index (χ2n) is 7.23. The van der Waals surface area contributed by atoms with Crippen LogP contribution in [0.15, 0.2) is 34.6 Å². The second kappa shape index (κ2) is 11.0. The van der Waals surface area contributed by atoms with Gasteiger partial charge in [-0.05, 0) is 44.4 Å². The molecule has 0 bridgehead atoms. The van der Waals surface area contributed by atoms with Gasteiger partial charge in [-0.3, -0.25) is 4.99 Å². The summed E-state index contributed by atoms with van der Waals surface area (Å²) in [5.74, 6) is 1.84. The Kier molecular flexibility index (Phi) is 8.16. The highest BCUT2D eigenvalue weighted by Gasteiger charge is 2.15. The Hall–Kier alpha value is -2.28. The first-order valence-corrected chi connectivity index (χ1v) is 11.5. The predicted molar refractivity (Wildman–Crippen MR) is 122 cm³/mol. The lowest BCUT2D eigenvalue weighted by Gasteiger charge is -2.22. The van der Waals surface area contributed by atoms with Crippen LogP contribution in [0.2, 0.25) is 0 Å². The number of ether oxygens (including phenoxy) is 1. The summed E-state index contributed by atoms with van der Waals surface area (Å²) >= 11 is 1.76. The molecule has 29 heavy (non-hydrogen) atoms. The number of anilines is 1. The number of thiazole rings is 1. The van der Waals surface area contributed by atoms with Gasteiger partial charge in [0.2, 0.25) is 0 Å². The van der Waals surface area contributed by atoms with Gasteiger partial charge in [-0.15, -0.1) is 11.3 Å². The Morgan fingerprint density at radius 1 is 1.24 bits per heavy atom. The maximum absolute atomic E-state index is 5.52. The average molecular weight is 416 g/mol. The van der Waals surface area contributed by atoms with Crippen LogP contribution in [0.25, 0.3) is 0 Å². The molecule has 0 spiro atoms. The number of aromatic nitrogens is 1. The monoisotopic (exact) mass is 415 g/mol. The molecule has 0 saturated carbocycles. The summed E-state index contributed by atoms with van der Waals surface area (Å²) in [6.45, 7) is 9.46. The van der Waals surface area contributed by atoms with Crippen molar-refractivity contribution in [2.75, 3.05) is 44.7 Å². The third-order valence-corrected chi connectivity index (χ3v) is 5.85. The SMILES string of the molecule is CCNC(=NCCc1csc(N2CCCC2)n1)N(C)Cc1ccc(OCC)cc1. The fraction of sp³-hybridized carbons (Fsp3) is 0.545. The number of hydrogen-bond donors (Lipinski definition) is 1. The van der Waals surface area contributed by atoms with E-state index in [1.807, 2.05) is 19.1 Å². The number of aliphatic imine (C=N–C) groups is 1. The van der Waals surface area contributed by atoms with Gasteiger partial charge in [-0.2, -0.15) is 0 Å². The molecule has 2 heterocycles. The van der Waals surface area contributed by atoms with Gasteiger partial charge in [0, 0.05) is 51.6 Å². The van der Waals surface area contributed by atoms with Crippen LogP contribution >= 0.6 is 11.3 Å². The van der Waals surface area contributed by atoms with E-state index in [4.69, 9.17) is 14.7 Å². The molecular weight excluding hydrogens is 382 g/mol.